The number of rotatable bonds is 5. The number of pyridine rings is 1. The predicted molar refractivity (Wildman–Crippen MR) is 107 cm³/mol. The summed E-state index contributed by atoms with van der Waals surface area (Å²) in [7, 11) is -4.26. The van der Waals surface area contributed by atoms with Gasteiger partial charge in [0.05, 0.1) is 17.3 Å². The highest BCUT2D eigenvalue weighted by Gasteiger charge is 2.23. The Bertz CT molecular complexity index is 1350. The van der Waals surface area contributed by atoms with Crippen molar-refractivity contribution in [2.75, 3.05) is 0 Å². The molecule has 4 rings (SSSR count). The summed E-state index contributed by atoms with van der Waals surface area (Å²) in [5.41, 5.74) is 1.74. The Hall–Kier alpha value is -3.92. The van der Waals surface area contributed by atoms with Crippen molar-refractivity contribution in [3.8, 4) is 22.3 Å². The van der Waals surface area contributed by atoms with Crippen molar-refractivity contribution < 1.29 is 17.7 Å². The first-order valence-corrected chi connectivity index (χ1v) is 10.1. The predicted octanol–water partition coefficient (Wildman–Crippen LogP) is 3.90. The van der Waals surface area contributed by atoms with Crippen LogP contribution in [-0.4, -0.2) is 27.5 Å². The lowest BCUT2D eigenvalue weighted by Gasteiger charge is -2.06. The van der Waals surface area contributed by atoms with Gasteiger partial charge in [-0.05, 0) is 35.4 Å². The molecule has 4 aromatic rings. The number of non-ortho nitro benzene ring substituents is 1. The number of aromatic nitrogens is 3. The van der Waals surface area contributed by atoms with Crippen molar-refractivity contribution >= 4 is 15.7 Å². The topological polar surface area (TPSA) is 108 Å². The zero-order valence-corrected chi connectivity index (χ0v) is 16.0. The molecule has 0 unspecified atom stereocenters. The van der Waals surface area contributed by atoms with Crippen molar-refractivity contribution in [3.05, 3.63) is 95.3 Å². The lowest BCUT2D eigenvalue weighted by molar-refractivity contribution is -0.384. The summed E-state index contributed by atoms with van der Waals surface area (Å²) in [4.78, 5) is 14.3. The van der Waals surface area contributed by atoms with Crippen LogP contribution in [0, 0.1) is 15.9 Å². The molecule has 0 aliphatic rings. The second-order valence-electron chi connectivity index (χ2n) is 6.30. The summed E-state index contributed by atoms with van der Waals surface area (Å²) in [5, 5.41) is 15.2. The summed E-state index contributed by atoms with van der Waals surface area (Å²) in [6.07, 6.45) is 5.59. The van der Waals surface area contributed by atoms with E-state index in [1.807, 2.05) is 0 Å². The fraction of sp³-hybridized carbons (Fsp3) is 0. The highest BCUT2D eigenvalue weighted by molar-refractivity contribution is 7.89. The molecule has 0 saturated carbocycles. The van der Waals surface area contributed by atoms with Gasteiger partial charge in [-0.3, -0.25) is 15.1 Å². The Morgan fingerprint density at radius 2 is 1.67 bits per heavy atom. The normalized spacial score (nSPS) is 11.4. The molecule has 0 saturated heterocycles. The average molecular weight is 424 g/mol. The highest BCUT2D eigenvalue weighted by atomic mass is 32.2. The maximum absolute atomic E-state index is 14.0. The van der Waals surface area contributed by atoms with Crippen LogP contribution in [0.2, 0.25) is 0 Å². The Morgan fingerprint density at radius 1 is 0.933 bits per heavy atom. The number of nitro groups is 1. The first-order valence-electron chi connectivity index (χ1n) is 8.61. The zero-order valence-electron chi connectivity index (χ0n) is 15.2. The first-order chi connectivity index (χ1) is 14.4. The van der Waals surface area contributed by atoms with Gasteiger partial charge in [-0.25, -0.2) is 4.39 Å². The van der Waals surface area contributed by atoms with Gasteiger partial charge in [0.2, 0.25) is 0 Å². The molecule has 0 amide bonds. The van der Waals surface area contributed by atoms with E-state index in [9.17, 15) is 22.9 Å². The van der Waals surface area contributed by atoms with Gasteiger partial charge in [-0.15, -0.1) is 0 Å². The fourth-order valence-electron chi connectivity index (χ4n) is 2.92. The van der Waals surface area contributed by atoms with Crippen molar-refractivity contribution in [1.82, 2.24) is 14.2 Å². The molecule has 0 aliphatic heterocycles. The number of benzene rings is 2. The van der Waals surface area contributed by atoms with Crippen molar-refractivity contribution in [2.24, 2.45) is 0 Å². The van der Waals surface area contributed by atoms with Crippen LogP contribution in [0.4, 0.5) is 10.1 Å². The number of hydrogen-bond donors (Lipinski definition) is 0. The van der Waals surface area contributed by atoms with E-state index in [2.05, 4.69) is 10.1 Å². The molecule has 0 fully saturated rings. The van der Waals surface area contributed by atoms with Crippen LogP contribution in [-0.2, 0) is 10.0 Å². The smallest absolute Gasteiger partial charge is 0.264 e. The number of hydrogen-bond acceptors (Lipinski definition) is 6. The molecule has 10 heteroatoms. The second-order valence-corrected chi connectivity index (χ2v) is 8.07. The van der Waals surface area contributed by atoms with Gasteiger partial charge in [-0.2, -0.15) is 17.6 Å². The number of nitrogens with zero attached hydrogens (tertiary/aromatic N) is 4. The minimum atomic E-state index is -4.26. The van der Waals surface area contributed by atoms with Crippen LogP contribution in [0.25, 0.3) is 22.3 Å². The Balaban J connectivity index is 1.81. The van der Waals surface area contributed by atoms with E-state index in [0.29, 0.717) is 26.3 Å². The minimum absolute atomic E-state index is 0.170. The van der Waals surface area contributed by atoms with E-state index in [-0.39, 0.29) is 5.69 Å². The summed E-state index contributed by atoms with van der Waals surface area (Å²) in [5.74, 6) is -0.899. The van der Waals surface area contributed by atoms with Crippen LogP contribution < -0.4 is 0 Å². The molecule has 0 N–H and O–H groups in total. The molecule has 150 valence electrons. The molecule has 2 heterocycles. The molecule has 30 heavy (non-hydrogen) atoms. The largest absolute Gasteiger partial charge is 0.285 e. The molecule has 2 aromatic carbocycles. The SMILES string of the molecule is O=[N+]([O-])c1cc(-c2cccnc2)cc(-c2cnn(S(=O)(=O)c3ccccc3F)c2)c1. The van der Waals surface area contributed by atoms with Gasteiger partial charge in [0, 0.05) is 35.7 Å². The van der Waals surface area contributed by atoms with Crippen LogP contribution >= 0.6 is 0 Å². The second kappa shape index (κ2) is 7.48. The quantitative estimate of drug-likeness (QED) is 0.355. The molecular weight excluding hydrogens is 411 g/mol. The molecule has 2 aromatic heterocycles. The van der Waals surface area contributed by atoms with Crippen molar-refractivity contribution in [3.63, 3.8) is 0 Å². The summed E-state index contributed by atoms with van der Waals surface area (Å²) in [6.45, 7) is 0. The van der Waals surface area contributed by atoms with Crippen LogP contribution in [0.3, 0.4) is 0 Å². The summed E-state index contributed by atoms with van der Waals surface area (Å²) < 4.78 is 40.0. The third-order valence-corrected chi connectivity index (χ3v) is 5.96. The monoisotopic (exact) mass is 424 g/mol. The van der Waals surface area contributed by atoms with Crippen LogP contribution in [0.15, 0.2) is 84.3 Å². The standard InChI is InChI=1S/C20H13FN4O4S/c21-19-5-1-2-6-20(19)30(28,29)24-13-17(12-23-24)16-8-15(9-18(10-16)25(26)27)14-4-3-7-22-11-14/h1-13H. The van der Waals surface area contributed by atoms with Gasteiger partial charge in [0.1, 0.15) is 10.7 Å². The molecule has 0 bridgehead atoms. The van der Waals surface area contributed by atoms with Gasteiger partial charge in [0.15, 0.2) is 0 Å². The highest BCUT2D eigenvalue weighted by Crippen LogP contribution is 2.31. The van der Waals surface area contributed by atoms with Crippen molar-refractivity contribution in [1.29, 1.82) is 0 Å². The summed E-state index contributed by atoms with van der Waals surface area (Å²) >= 11 is 0. The van der Waals surface area contributed by atoms with E-state index in [1.165, 1.54) is 36.7 Å². The maximum Gasteiger partial charge on any atom is 0.285 e. The fourth-order valence-corrected chi connectivity index (χ4v) is 4.11. The van der Waals surface area contributed by atoms with Crippen LogP contribution in [0.1, 0.15) is 0 Å². The van der Waals surface area contributed by atoms with Gasteiger partial charge >= 0.3 is 0 Å². The molecule has 8 nitrogen and oxygen atoms in total. The maximum atomic E-state index is 14.0. The molecule has 0 aliphatic carbocycles. The van der Waals surface area contributed by atoms with E-state index < -0.39 is 25.7 Å². The van der Waals surface area contributed by atoms with Crippen molar-refractivity contribution in [2.45, 2.75) is 4.90 Å². The lowest BCUT2D eigenvalue weighted by atomic mass is 10.0. The van der Waals surface area contributed by atoms with Gasteiger partial charge in [-0.1, -0.05) is 18.2 Å². The minimum Gasteiger partial charge on any atom is -0.264 e. The van der Waals surface area contributed by atoms with E-state index in [4.69, 9.17) is 0 Å². The molecule has 0 atom stereocenters. The van der Waals surface area contributed by atoms with E-state index >= 15 is 0 Å². The average Bonchev–Trinajstić information content (AvgIpc) is 3.25. The third-order valence-electron chi connectivity index (χ3n) is 4.38. The molecule has 0 radical (unpaired) electrons. The first kappa shape index (κ1) is 19.4. The summed E-state index contributed by atoms with van der Waals surface area (Å²) in [6, 6.07) is 12.8. The van der Waals surface area contributed by atoms with E-state index in [1.54, 1.807) is 30.6 Å². The Kier molecular flexibility index (Phi) is 4.84. The van der Waals surface area contributed by atoms with E-state index in [0.717, 1.165) is 12.1 Å². The lowest BCUT2D eigenvalue weighted by Crippen LogP contribution is -2.14. The molecule has 0 spiro atoms. The Labute approximate surface area is 170 Å². The van der Waals surface area contributed by atoms with Gasteiger partial charge < -0.3 is 0 Å². The van der Waals surface area contributed by atoms with Crippen LogP contribution in [0.5, 0.6) is 0 Å². The number of halogens is 1. The zero-order chi connectivity index (χ0) is 21.3. The Morgan fingerprint density at radius 3 is 2.33 bits per heavy atom. The van der Waals surface area contributed by atoms with Gasteiger partial charge in [0.25, 0.3) is 15.7 Å². The number of nitro benzene ring substituents is 1. The third kappa shape index (κ3) is 3.55. The molecular formula is C20H13FN4O4S.